The number of phenolic OH excluding ortho intramolecular Hbond substituents is 1. The molecule has 2 nitrogen and oxygen atoms in total. The standard InChI is InChI=1S/C11H13ClFNO/c12-8-1-2-9(13)10(15)7(8)3-4-11(14)5-6-11/h1-2,15H,3-6,14H2. The second kappa shape index (κ2) is 3.65. The number of hydrogen-bond acceptors (Lipinski definition) is 2. The Hall–Kier alpha value is -0.800. The van der Waals surface area contributed by atoms with Crippen LogP contribution in [0.15, 0.2) is 12.1 Å². The van der Waals surface area contributed by atoms with E-state index < -0.39 is 5.82 Å². The molecule has 1 aliphatic rings. The molecule has 1 aromatic carbocycles. The first-order valence-electron chi connectivity index (χ1n) is 4.97. The van der Waals surface area contributed by atoms with Crippen LogP contribution in [0.5, 0.6) is 5.75 Å². The predicted molar refractivity (Wildman–Crippen MR) is 57.5 cm³/mol. The highest BCUT2D eigenvalue weighted by Crippen LogP contribution is 2.39. The molecule has 1 aromatic rings. The highest BCUT2D eigenvalue weighted by molar-refractivity contribution is 6.31. The lowest BCUT2D eigenvalue weighted by Crippen LogP contribution is -2.22. The van der Waals surface area contributed by atoms with E-state index in [2.05, 4.69) is 0 Å². The van der Waals surface area contributed by atoms with Gasteiger partial charge in [-0.05, 0) is 37.8 Å². The fourth-order valence-corrected chi connectivity index (χ4v) is 1.85. The van der Waals surface area contributed by atoms with Gasteiger partial charge in [-0.2, -0.15) is 0 Å². The van der Waals surface area contributed by atoms with Crippen LogP contribution >= 0.6 is 11.6 Å². The molecule has 4 heteroatoms. The third-order valence-corrected chi connectivity index (χ3v) is 3.30. The van der Waals surface area contributed by atoms with Crippen molar-refractivity contribution >= 4 is 11.6 Å². The number of halogens is 2. The number of phenols is 1. The van der Waals surface area contributed by atoms with Crippen LogP contribution in [0, 0.1) is 5.82 Å². The maximum absolute atomic E-state index is 13.1. The lowest BCUT2D eigenvalue weighted by Gasteiger charge is -2.11. The van der Waals surface area contributed by atoms with Crippen LogP contribution < -0.4 is 5.73 Å². The Morgan fingerprint density at radius 3 is 2.73 bits per heavy atom. The van der Waals surface area contributed by atoms with Crippen LogP contribution in [0.25, 0.3) is 0 Å². The molecule has 3 N–H and O–H groups in total. The summed E-state index contributed by atoms with van der Waals surface area (Å²) < 4.78 is 13.1. The van der Waals surface area contributed by atoms with E-state index >= 15 is 0 Å². The van der Waals surface area contributed by atoms with Gasteiger partial charge in [-0.15, -0.1) is 0 Å². The van der Waals surface area contributed by atoms with Crippen molar-refractivity contribution in [3.63, 3.8) is 0 Å². The van der Waals surface area contributed by atoms with Crippen molar-refractivity contribution in [1.29, 1.82) is 0 Å². The number of nitrogens with two attached hydrogens (primary N) is 1. The molecule has 0 atom stereocenters. The second-order valence-corrected chi connectivity index (χ2v) is 4.63. The van der Waals surface area contributed by atoms with Crippen LogP contribution in [0.3, 0.4) is 0 Å². The molecule has 0 aliphatic heterocycles. The molecule has 0 amide bonds. The fraction of sp³-hybridized carbons (Fsp3) is 0.455. The smallest absolute Gasteiger partial charge is 0.165 e. The molecule has 0 saturated heterocycles. The number of aromatic hydroxyl groups is 1. The maximum atomic E-state index is 13.1. The molecular weight excluding hydrogens is 217 g/mol. The van der Waals surface area contributed by atoms with Gasteiger partial charge >= 0.3 is 0 Å². The molecule has 1 saturated carbocycles. The molecule has 2 rings (SSSR count). The van der Waals surface area contributed by atoms with Crippen molar-refractivity contribution in [1.82, 2.24) is 0 Å². The minimum absolute atomic E-state index is 0.109. The minimum atomic E-state index is -0.628. The molecule has 0 heterocycles. The average molecular weight is 230 g/mol. The molecule has 0 bridgehead atoms. The highest BCUT2D eigenvalue weighted by Gasteiger charge is 2.37. The summed E-state index contributed by atoms with van der Waals surface area (Å²) >= 11 is 5.88. The largest absolute Gasteiger partial charge is 0.505 e. The van der Waals surface area contributed by atoms with Gasteiger partial charge in [-0.1, -0.05) is 11.6 Å². The van der Waals surface area contributed by atoms with Gasteiger partial charge in [0, 0.05) is 16.1 Å². The SMILES string of the molecule is NC1(CCc2c(Cl)ccc(F)c2O)CC1. The number of rotatable bonds is 3. The van der Waals surface area contributed by atoms with Gasteiger partial charge in [0.05, 0.1) is 0 Å². The highest BCUT2D eigenvalue weighted by atomic mass is 35.5. The van der Waals surface area contributed by atoms with Crippen molar-refractivity contribution in [2.75, 3.05) is 0 Å². The van der Waals surface area contributed by atoms with Crippen molar-refractivity contribution in [2.45, 2.75) is 31.2 Å². The Kier molecular flexibility index (Phi) is 2.61. The molecule has 0 unspecified atom stereocenters. The molecular formula is C11H13ClFNO. The lowest BCUT2D eigenvalue weighted by molar-refractivity contribution is 0.423. The zero-order valence-electron chi connectivity index (χ0n) is 8.26. The summed E-state index contributed by atoms with van der Waals surface area (Å²) in [5.74, 6) is -0.969. The monoisotopic (exact) mass is 229 g/mol. The van der Waals surface area contributed by atoms with Gasteiger partial charge < -0.3 is 10.8 Å². The summed E-state index contributed by atoms with van der Waals surface area (Å²) in [6.45, 7) is 0. The molecule has 1 aliphatic carbocycles. The van der Waals surface area contributed by atoms with Crippen molar-refractivity contribution < 1.29 is 9.50 Å². The molecule has 15 heavy (non-hydrogen) atoms. The van der Waals surface area contributed by atoms with Gasteiger partial charge in [0.15, 0.2) is 11.6 Å². The maximum Gasteiger partial charge on any atom is 0.165 e. The Balaban J connectivity index is 2.16. The average Bonchev–Trinajstić information content (AvgIpc) is 2.91. The van der Waals surface area contributed by atoms with Crippen LogP contribution in [-0.2, 0) is 6.42 Å². The first kappa shape index (κ1) is 10.7. The van der Waals surface area contributed by atoms with E-state index in [1.807, 2.05) is 0 Å². The second-order valence-electron chi connectivity index (χ2n) is 4.22. The number of hydrogen-bond donors (Lipinski definition) is 2. The summed E-state index contributed by atoms with van der Waals surface area (Å²) in [5.41, 5.74) is 6.27. The summed E-state index contributed by atoms with van der Waals surface area (Å²) in [7, 11) is 0. The van der Waals surface area contributed by atoms with E-state index in [-0.39, 0.29) is 11.3 Å². The Labute approximate surface area is 92.9 Å². The van der Waals surface area contributed by atoms with Crippen molar-refractivity contribution in [3.05, 3.63) is 28.5 Å². The summed E-state index contributed by atoms with van der Waals surface area (Å²) in [6, 6.07) is 2.62. The predicted octanol–water partition coefficient (Wildman–Crippen LogP) is 2.61. The lowest BCUT2D eigenvalue weighted by atomic mass is 10.0. The van der Waals surface area contributed by atoms with E-state index in [9.17, 15) is 9.50 Å². The third-order valence-electron chi connectivity index (χ3n) is 2.94. The zero-order chi connectivity index (χ0) is 11.1. The summed E-state index contributed by atoms with van der Waals surface area (Å²) in [4.78, 5) is 0. The molecule has 1 fully saturated rings. The van der Waals surface area contributed by atoms with Crippen LogP contribution in [0.2, 0.25) is 5.02 Å². The normalized spacial score (nSPS) is 17.8. The Bertz CT molecular complexity index is 390. The molecule has 82 valence electrons. The van der Waals surface area contributed by atoms with E-state index in [1.54, 1.807) is 0 Å². The van der Waals surface area contributed by atoms with Gasteiger partial charge in [0.25, 0.3) is 0 Å². The summed E-state index contributed by atoms with van der Waals surface area (Å²) in [6.07, 6.45) is 3.27. The van der Waals surface area contributed by atoms with Crippen molar-refractivity contribution in [2.24, 2.45) is 5.73 Å². The molecule has 0 aromatic heterocycles. The van der Waals surface area contributed by atoms with Crippen molar-refractivity contribution in [3.8, 4) is 5.75 Å². The quantitative estimate of drug-likeness (QED) is 0.837. The van der Waals surface area contributed by atoms with E-state index in [0.29, 0.717) is 17.0 Å². The molecule has 0 spiro atoms. The zero-order valence-corrected chi connectivity index (χ0v) is 9.02. The fourth-order valence-electron chi connectivity index (χ4n) is 1.61. The van der Waals surface area contributed by atoms with Gasteiger partial charge in [0.2, 0.25) is 0 Å². The van der Waals surface area contributed by atoms with E-state index in [0.717, 1.165) is 25.3 Å². The number of benzene rings is 1. The topological polar surface area (TPSA) is 46.2 Å². The van der Waals surface area contributed by atoms with Gasteiger partial charge in [-0.3, -0.25) is 0 Å². The molecule has 0 radical (unpaired) electrons. The first-order chi connectivity index (χ1) is 7.02. The van der Waals surface area contributed by atoms with E-state index in [4.69, 9.17) is 17.3 Å². The summed E-state index contributed by atoms with van der Waals surface area (Å²) in [5, 5.41) is 9.90. The van der Waals surface area contributed by atoms with Crippen LogP contribution in [0.4, 0.5) is 4.39 Å². The van der Waals surface area contributed by atoms with Gasteiger partial charge in [0.1, 0.15) is 0 Å². The van der Waals surface area contributed by atoms with E-state index in [1.165, 1.54) is 6.07 Å². The Morgan fingerprint density at radius 2 is 2.13 bits per heavy atom. The first-order valence-corrected chi connectivity index (χ1v) is 5.34. The van der Waals surface area contributed by atoms with Crippen LogP contribution in [-0.4, -0.2) is 10.6 Å². The van der Waals surface area contributed by atoms with Gasteiger partial charge in [-0.25, -0.2) is 4.39 Å². The third kappa shape index (κ3) is 2.24. The minimum Gasteiger partial charge on any atom is -0.505 e. The Morgan fingerprint density at radius 1 is 1.47 bits per heavy atom. The van der Waals surface area contributed by atoms with Crippen LogP contribution in [0.1, 0.15) is 24.8 Å².